The number of benzene rings is 1. The van der Waals surface area contributed by atoms with Crippen molar-refractivity contribution in [1.82, 2.24) is 4.90 Å². The summed E-state index contributed by atoms with van der Waals surface area (Å²) >= 11 is 11.9. The average molecular weight is 438 g/mol. The fourth-order valence-electron chi connectivity index (χ4n) is 3.38. The van der Waals surface area contributed by atoms with Crippen LogP contribution in [0.3, 0.4) is 0 Å². The molecular weight excluding hydrogens is 417 g/mol. The normalized spacial score (nSPS) is 19.8. The first-order valence-corrected chi connectivity index (χ1v) is 10.1. The van der Waals surface area contributed by atoms with E-state index < -0.39 is 17.7 Å². The van der Waals surface area contributed by atoms with Crippen molar-refractivity contribution in [3.8, 4) is 0 Å². The highest BCUT2D eigenvalue weighted by Gasteiger charge is 2.37. The molecule has 1 atom stereocenters. The number of esters is 1. The van der Waals surface area contributed by atoms with E-state index in [-0.39, 0.29) is 29.8 Å². The van der Waals surface area contributed by atoms with Gasteiger partial charge in [-0.25, -0.2) is 0 Å². The molecule has 0 bridgehead atoms. The van der Waals surface area contributed by atoms with Gasteiger partial charge in [0.15, 0.2) is 5.78 Å². The van der Waals surface area contributed by atoms with Gasteiger partial charge in [-0.15, -0.1) is 0 Å². The molecule has 0 radical (unpaired) electrons. The van der Waals surface area contributed by atoms with Crippen molar-refractivity contribution in [2.75, 3.05) is 26.2 Å². The van der Waals surface area contributed by atoms with Gasteiger partial charge in [-0.05, 0) is 31.5 Å². The Hall–Kier alpha value is -2.38. The Morgan fingerprint density at radius 2 is 2.07 bits per heavy atom. The van der Waals surface area contributed by atoms with Crippen LogP contribution in [0, 0.1) is 5.92 Å². The molecule has 0 saturated carbocycles. The first-order valence-electron chi connectivity index (χ1n) is 9.31. The molecule has 0 aromatic heterocycles. The van der Waals surface area contributed by atoms with Crippen LogP contribution in [0.2, 0.25) is 10.0 Å². The van der Waals surface area contributed by atoms with Crippen LogP contribution in [0.15, 0.2) is 34.5 Å². The molecular formula is C20H21Cl2N3O4. The van der Waals surface area contributed by atoms with Gasteiger partial charge in [-0.3, -0.25) is 19.4 Å². The van der Waals surface area contributed by atoms with Crippen molar-refractivity contribution >= 4 is 46.6 Å². The van der Waals surface area contributed by atoms with Gasteiger partial charge in [-0.1, -0.05) is 23.2 Å². The van der Waals surface area contributed by atoms with Crippen molar-refractivity contribution < 1.29 is 19.1 Å². The quantitative estimate of drug-likeness (QED) is 0.575. The molecule has 0 saturated heterocycles. The Bertz CT molecular complexity index is 926. The number of carbonyl (C=O) groups is 3. The lowest BCUT2D eigenvalue weighted by Gasteiger charge is -2.31. The number of nitrogens with zero attached hydrogens (tertiary/aromatic N) is 2. The van der Waals surface area contributed by atoms with Crippen molar-refractivity contribution in [3.05, 3.63) is 45.1 Å². The topological polar surface area (TPSA) is 102 Å². The average Bonchev–Trinajstić information content (AvgIpc) is 2.70. The zero-order valence-electron chi connectivity index (χ0n) is 15.9. The molecule has 1 amide bonds. The summed E-state index contributed by atoms with van der Waals surface area (Å²) in [5.41, 5.74) is 7.70. The molecule has 9 heteroatoms. The van der Waals surface area contributed by atoms with Crippen LogP contribution in [0.25, 0.3) is 0 Å². The number of carbonyl (C=O) groups excluding carboxylic acids is 3. The molecule has 154 valence electrons. The van der Waals surface area contributed by atoms with E-state index in [1.165, 1.54) is 6.07 Å². The minimum atomic E-state index is -0.885. The number of hydrogen-bond donors (Lipinski definition) is 1. The Kier molecular flexibility index (Phi) is 6.59. The van der Waals surface area contributed by atoms with Gasteiger partial charge in [0, 0.05) is 42.9 Å². The van der Waals surface area contributed by atoms with Gasteiger partial charge in [0.2, 0.25) is 0 Å². The smallest absolute Gasteiger partial charge is 0.316 e. The third-order valence-electron chi connectivity index (χ3n) is 4.94. The molecule has 3 rings (SSSR count). The summed E-state index contributed by atoms with van der Waals surface area (Å²) in [4.78, 5) is 43.8. The molecule has 29 heavy (non-hydrogen) atoms. The van der Waals surface area contributed by atoms with Crippen LogP contribution in [0.1, 0.15) is 30.1 Å². The van der Waals surface area contributed by atoms with Crippen LogP contribution >= 0.6 is 23.2 Å². The van der Waals surface area contributed by atoms with Gasteiger partial charge in [0.25, 0.3) is 5.91 Å². The van der Waals surface area contributed by atoms with Crippen LogP contribution in [0.4, 0.5) is 0 Å². The summed E-state index contributed by atoms with van der Waals surface area (Å²) < 4.78 is 5.00. The fourth-order valence-corrected chi connectivity index (χ4v) is 3.68. The minimum Gasteiger partial charge on any atom is -0.465 e. The molecule has 1 aromatic carbocycles. The van der Waals surface area contributed by atoms with E-state index in [1.54, 1.807) is 24.0 Å². The lowest BCUT2D eigenvalue weighted by molar-refractivity contribution is -0.150. The third kappa shape index (κ3) is 4.46. The Labute approximate surface area is 178 Å². The summed E-state index contributed by atoms with van der Waals surface area (Å²) in [5, 5.41) is 0.646. The van der Waals surface area contributed by atoms with Gasteiger partial charge in [0.1, 0.15) is 11.6 Å². The van der Waals surface area contributed by atoms with Crippen molar-refractivity contribution in [1.29, 1.82) is 0 Å². The minimum absolute atomic E-state index is 0.130. The van der Waals surface area contributed by atoms with Crippen molar-refractivity contribution in [2.45, 2.75) is 19.8 Å². The second-order valence-electron chi connectivity index (χ2n) is 6.80. The number of ether oxygens (including phenoxy) is 1. The SMILES string of the molecule is CCOC(=O)C1CCN=C(C2=C(N)CCN(C(=O)c3ccc(Cl)c(Cl)c3)C2)C1=O. The number of ketones is 1. The monoisotopic (exact) mass is 437 g/mol. The van der Waals surface area contributed by atoms with E-state index in [9.17, 15) is 14.4 Å². The predicted octanol–water partition coefficient (Wildman–Crippen LogP) is 2.65. The molecule has 2 aliphatic heterocycles. The van der Waals surface area contributed by atoms with E-state index in [0.717, 1.165) is 0 Å². The maximum atomic E-state index is 12.9. The largest absolute Gasteiger partial charge is 0.465 e. The van der Waals surface area contributed by atoms with Crippen LogP contribution in [-0.4, -0.2) is 54.5 Å². The molecule has 2 N–H and O–H groups in total. The molecule has 1 unspecified atom stereocenters. The molecule has 0 aliphatic carbocycles. The maximum Gasteiger partial charge on any atom is 0.316 e. The summed E-state index contributed by atoms with van der Waals surface area (Å²) in [6.45, 7) is 2.74. The first kappa shape index (κ1) is 21.3. The second-order valence-corrected chi connectivity index (χ2v) is 7.61. The third-order valence-corrected chi connectivity index (χ3v) is 5.67. The summed E-state index contributed by atoms with van der Waals surface area (Å²) in [7, 11) is 0. The highest BCUT2D eigenvalue weighted by Crippen LogP contribution is 2.26. The van der Waals surface area contributed by atoms with Crippen LogP contribution < -0.4 is 5.73 Å². The number of rotatable bonds is 4. The van der Waals surface area contributed by atoms with E-state index in [4.69, 9.17) is 33.7 Å². The molecule has 0 fully saturated rings. The number of hydrogen-bond acceptors (Lipinski definition) is 6. The Morgan fingerprint density at radius 3 is 2.76 bits per heavy atom. The highest BCUT2D eigenvalue weighted by atomic mass is 35.5. The lowest BCUT2D eigenvalue weighted by Crippen LogP contribution is -2.44. The zero-order valence-corrected chi connectivity index (χ0v) is 17.4. The standard InChI is InChI=1S/C20H21Cl2N3O4/c1-2-29-20(28)12-5-7-24-17(18(12)26)13-10-25(8-6-16(13)23)19(27)11-3-4-14(21)15(22)9-11/h3-4,9,12H,2,5-8,10,23H2,1H3. The Morgan fingerprint density at radius 1 is 1.31 bits per heavy atom. The van der Waals surface area contributed by atoms with E-state index in [2.05, 4.69) is 4.99 Å². The number of amides is 1. The number of aliphatic imine (C=N–C) groups is 1. The molecule has 2 aliphatic rings. The number of nitrogens with two attached hydrogens (primary N) is 1. The predicted molar refractivity (Wildman–Crippen MR) is 110 cm³/mol. The zero-order chi connectivity index (χ0) is 21.1. The highest BCUT2D eigenvalue weighted by molar-refractivity contribution is 6.49. The van der Waals surface area contributed by atoms with Gasteiger partial charge in [0.05, 0.1) is 16.7 Å². The summed E-state index contributed by atoms with van der Waals surface area (Å²) in [6, 6.07) is 4.66. The van der Waals surface area contributed by atoms with Gasteiger partial charge >= 0.3 is 5.97 Å². The summed E-state index contributed by atoms with van der Waals surface area (Å²) in [6.07, 6.45) is 0.707. The fraction of sp³-hybridized carbons (Fsp3) is 0.400. The van der Waals surface area contributed by atoms with E-state index >= 15 is 0 Å². The van der Waals surface area contributed by atoms with Crippen LogP contribution in [0.5, 0.6) is 0 Å². The van der Waals surface area contributed by atoms with E-state index in [1.807, 2.05) is 0 Å². The molecule has 0 spiro atoms. The van der Waals surface area contributed by atoms with Crippen molar-refractivity contribution in [2.24, 2.45) is 16.6 Å². The maximum absolute atomic E-state index is 12.9. The van der Waals surface area contributed by atoms with Crippen LogP contribution in [-0.2, 0) is 14.3 Å². The van der Waals surface area contributed by atoms with E-state index in [0.29, 0.717) is 47.8 Å². The molecule has 2 heterocycles. The summed E-state index contributed by atoms with van der Waals surface area (Å²) in [5.74, 6) is -2.09. The lowest BCUT2D eigenvalue weighted by atomic mass is 9.88. The Balaban J connectivity index is 1.82. The first-order chi connectivity index (χ1) is 13.8. The van der Waals surface area contributed by atoms with Gasteiger partial charge in [-0.2, -0.15) is 0 Å². The van der Waals surface area contributed by atoms with Crippen molar-refractivity contribution in [3.63, 3.8) is 0 Å². The van der Waals surface area contributed by atoms with Gasteiger partial charge < -0.3 is 15.4 Å². The molecule has 7 nitrogen and oxygen atoms in total. The second kappa shape index (κ2) is 8.97. The number of Topliss-reactive ketones (excluding diaryl/α,β-unsaturated/α-hetero) is 1. The molecule has 1 aromatic rings. The number of halogens is 2.